The van der Waals surface area contributed by atoms with Gasteiger partial charge in [0.25, 0.3) is 11.8 Å². The number of nitrogens with zero attached hydrogens (tertiary/aromatic N) is 1. The summed E-state index contributed by atoms with van der Waals surface area (Å²) in [4.78, 5) is 29.6. The van der Waals surface area contributed by atoms with Crippen LogP contribution in [0.15, 0.2) is 48.0 Å². The van der Waals surface area contributed by atoms with E-state index in [4.69, 9.17) is 34.8 Å². The van der Waals surface area contributed by atoms with E-state index in [9.17, 15) is 9.59 Å². The molecule has 3 rings (SSSR count). The lowest BCUT2D eigenvalue weighted by Gasteiger charge is -2.11. The topological polar surface area (TPSA) is 71.1 Å². The van der Waals surface area contributed by atoms with Crippen molar-refractivity contribution in [1.82, 2.24) is 4.98 Å². The molecule has 0 unspecified atom stereocenters. The minimum Gasteiger partial charge on any atom is -0.320 e. The van der Waals surface area contributed by atoms with Crippen LogP contribution in [0.3, 0.4) is 0 Å². The molecule has 2 heterocycles. The number of hydrogen-bond acceptors (Lipinski definition) is 4. The van der Waals surface area contributed by atoms with E-state index in [0.717, 1.165) is 0 Å². The molecule has 2 N–H and O–H groups in total. The Morgan fingerprint density at radius 2 is 1.89 bits per heavy atom. The van der Waals surface area contributed by atoms with E-state index in [2.05, 4.69) is 15.6 Å². The number of hydrogen-bond donors (Lipinski definition) is 2. The van der Waals surface area contributed by atoms with Crippen LogP contribution in [0.25, 0.3) is 0 Å². The van der Waals surface area contributed by atoms with Crippen molar-refractivity contribution in [3.63, 3.8) is 0 Å². The number of aromatic nitrogens is 1. The summed E-state index contributed by atoms with van der Waals surface area (Å²) in [5.74, 6) is -0.296. The van der Waals surface area contributed by atoms with E-state index in [0.29, 0.717) is 32.0 Å². The lowest BCUT2D eigenvalue weighted by atomic mass is 10.1. The summed E-state index contributed by atoms with van der Waals surface area (Å²) in [6, 6.07) is 9.74. The lowest BCUT2D eigenvalue weighted by molar-refractivity contribution is 0.102. The van der Waals surface area contributed by atoms with Gasteiger partial charge in [-0.25, -0.2) is 4.98 Å². The number of halogens is 3. The van der Waals surface area contributed by atoms with Gasteiger partial charge in [-0.2, -0.15) is 0 Å². The fourth-order valence-corrected chi connectivity index (χ4v) is 4.04. The molecule has 1 aromatic carbocycles. The van der Waals surface area contributed by atoms with Crippen molar-refractivity contribution in [3.05, 3.63) is 74.0 Å². The summed E-state index contributed by atoms with van der Waals surface area (Å²) < 4.78 is 0. The number of amides is 2. The van der Waals surface area contributed by atoms with Crippen molar-refractivity contribution in [1.29, 1.82) is 0 Å². The van der Waals surface area contributed by atoms with Gasteiger partial charge in [0.2, 0.25) is 0 Å². The average Bonchev–Trinajstić information content (AvgIpc) is 3.04. The van der Waals surface area contributed by atoms with Crippen molar-refractivity contribution in [3.8, 4) is 0 Å². The monoisotopic (exact) mass is 439 g/mol. The summed E-state index contributed by atoms with van der Waals surface area (Å²) in [5.41, 5.74) is 1.18. The molecule has 138 valence electrons. The molecule has 5 nitrogen and oxygen atoms in total. The first-order valence-corrected chi connectivity index (χ1v) is 9.81. The molecular formula is C18H12Cl3N3O2S. The van der Waals surface area contributed by atoms with E-state index in [1.807, 2.05) is 0 Å². The predicted molar refractivity (Wildman–Crippen MR) is 110 cm³/mol. The SMILES string of the molecule is O=C(Nc1ccccn1)c1cc(Cl)ccc1NC(=O)c1scc(CCl)c1Cl. The van der Waals surface area contributed by atoms with Crippen LogP contribution in [-0.2, 0) is 5.88 Å². The largest absolute Gasteiger partial charge is 0.320 e. The molecule has 9 heteroatoms. The maximum absolute atomic E-state index is 12.6. The molecule has 0 saturated carbocycles. The van der Waals surface area contributed by atoms with E-state index < -0.39 is 11.8 Å². The van der Waals surface area contributed by atoms with Gasteiger partial charge in [-0.05, 0) is 41.3 Å². The highest BCUT2D eigenvalue weighted by molar-refractivity contribution is 7.13. The van der Waals surface area contributed by atoms with E-state index >= 15 is 0 Å². The third-order valence-corrected chi connectivity index (χ3v) is 5.63. The Kier molecular flexibility index (Phi) is 6.34. The average molecular weight is 441 g/mol. The van der Waals surface area contributed by atoms with Crippen molar-refractivity contribution >= 4 is 69.5 Å². The van der Waals surface area contributed by atoms with Crippen molar-refractivity contribution in [2.24, 2.45) is 0 Å². The summed E-state index contributed by atoms with van der Waals surface area (Å²) in [5, 5.41) is 7.75. The molecule has 0 fully saturated rings. The minimum absolute atomic E-state index is 0.201. The van der Waals surface area contributed by atoms with Gasteiger partial charge in [-0.3, -0.25) is 9.59 Å². The zero-order valence-corrected chi connectivity index (χ0v) is 16.7. The van der Waals surface area contributed by atoms with Crippen LogP contribution in [0.5, 0.6) is 0 Å². The van der Waals surface area contributed by atoms with Gasteiger partial charge in [0.05, 0.1) is 16.3 Å². The molecule has 2 aromatic heterocycles. The lowest BCUT2D eigenvalue weighted by Crippen LogP contribution is -2.18. The van der Waals surface area contributed by atoms with Crippen LogP contribution in [0.2, 0.25) is 10.0 Å². The summed E-state index contributed by atoms with van der Waals surface area (Å²) >= 11 is 19.2. The molecule has 0 atom stereocenters. The zero-order valence-electron chi connectivity index (χ0n) is 13.6. The molecule has 0 aliphatic heterocycles. The number of carbonyl (C=O) groups is 2. The maximum atomic E-state index is 12.6. The fourth-order valence-electron chi connectivity index (χ4n) is 2.24. The first-order valence-electron chi connectivity index (χ1n) is 7.64. The second-order valence-electron chi connectivity index (χ2n) is 5.35. The Labute approximate surface area is 174 Å². The highest BCUT2D eigenvalue weighted by Crippen LogP contribution is 2.30. The second-order valence-corrected chi connectivity index (χ2v) is 7.31. The van der Waals surface area contributed by atoms with Gasteiger partial charge >= 0.3 is 0 Å². The van der Waals surface area contributed by atoms with Crippen LogP contribution < -0.4 is 10.6 Å². The Balaban J connectivity index is 1.86. The van der Waals surface area contributed by atoms with Crippen molar-refractivity contribution in [2.75, 3.05) is 10.6 Å². The zero-order chi connectivity index (χ0) is 19.4. The molecule has 0 radical (unpaired) electrons. The van der Waals surface area contributed by atoms with Crippen LogP contribution >= 0.6 is 46.1 Å². The number of anilines is 2. The smallest absolute Gasteiger partial charge is 0.267 e. The van der Waals surface area contributed by atoms with Crippen LogP contribution in [0.4, 0.5) is 11.5 Å². The highest BCUT2D eigenvalue weighted by atomic mass is 35.5. The van der Waals surface area contributed by atoms with Gasteiger partial charge in [-0.1, -0.05) is 29.3 Å². The number of pyridine rings is 1. The van der Waals surface area contributed by atoms with Gasteiger partial charge in [0.15, 0.2) is 0 Å². The van der Waals surface area contributed by atoms with Crippen molar-refractivity contribution < 1.29 is 9.59 Å². The van der Waals surface area contributed by atoms with E-state index in [1.54, 1.807) is 41.9 Å². The maximum Gasteiger partial charge on any atom is 0.267 e. The number of nitrogens with one attached hydrogen (secondary N) is 2. The third-order valence-electron chi connectivity index (χ3n) is 3.53. The number of alkyl halides is 1. The third kappa shape index (κ3) is 4.59. The van der Waals surface area contributed by atoms with Crippen molar-refractivity contribution in [2.45, 2.75) is 5.88 Å². The van der Waals surface area contributed by atoms with Gasteiger partial charge < -0.3 is 10.6 Å². The Morgan fingerprint density at radius 1 is 1.07 bits per heavy atom. The Bertz CT molecular complexity index is 993. The normalized spacial score (nSPS) is 10.5. The summed E-state index contributed by atoms with van der Waals surface area (Å²) in [6.07, 6.45) is 1.56. The Morgan fingerprint density at radius 3 is 2.56 bits per heavy atom. The number of thiophene rings is 1. The quantitative estimate of drug-likeness (QED) is 0.500. The predicted octanol–water partition coefficient (Wildman–Crippen LogP) is 5.69. The molecule has 0 aliphatic carbocycles. The standard InChI is InChI=1S/C18H12Cl3N3O2S/c19-8-10-9-27-16(15(10)21)18(26)23-13-5-4-11(20)7-12(13)17(25)24-14-3-1-2-6-22-14/h1-7,9H,8H2,(H,23,26)(H,22,24,25). The minimum atomic E-state index is -0.453. The molecule has 0 aliphatic rings. The molecular weight excluding hydrogens is 429 g/mol. The molecule has 0 saturated heterocycles. The fraction of sp³-hybridized carbons (Fsp3) is 0.0556. The first kappa shape index (κ1) is 19.6. The molecule has 0 bridgehead atoms. The number of carbonyl (C=O) groups excluding carboxylic acids is 2. The second kappa shape index (κ2) is 8.71. The number of rotatable bonds is 5. The first-order chi connectivity index (χ1) is 13.0. The molecule has 0 spiro atoms. The van der Waals surface area contributed by atoms with Gasteiger partial charge in [-0.15, -0.1) is 22.9 Å². The van der Waals surface area contributed by atoms with E-state index in [-0.39, 0.29) is 11.4 Å². The highest BCUT2D eigenvalue weighted by Gasteiger charge is 2.19. The van der Waals surface area contributed by atoms with Crippen LogP contribution in [0.1, 0.15) is 25.6 Å². The number of benzene rings is 1. The molecule has 3 aromatic rings. The Hall–Kier alpha value is -2.12. The summed E-state index contributed by atoms with van der Waals surface area (Å²) in [7, 11) is 0. The van der Waals surface area contributed by atoms with Crippen LogP contribution in [0, 0.1) is 0 Å². The molecule has 27 heavy (non-hydrogen) atoms. The van der Waals surface area contributed by atoms with Crippen LogP contribution in [-0.4, -0.2) is 16.8 Å². The van der Waals surface area contributed by atoms with E-state index in [1.165, 1.54) is 17.4 Å². The summed E-state index contributed by atoms with van der Waals surface area (Å²) in [6.45, 7) is 0. The van der Waals surface area contributed by atoms with Gasteiger partial charge in [0, 0.05) is 17.1 Å². The van der Waals surface area contributed by atoms with Gasteiger partial charge in [0.1, 0.15) is 10.7 Å². The molecule has 2 amide bonds.